The minimum atomic E-state index is -4.02. The predicted molar refractivity (Wildman–Crippen MR) is 138 cm³/mol. The Bertz CT molecular complexity index is 1210. The molecule has 3 rings (SSSR count). The van der Waals surface area contributed by atoms with Crippen LogP contribution < -0.4 is 15.4 Å². The SMILES string of the molecule is COc1ccc(CC(C)NCC(O)c2ccc(O)c(NC=O)c2)cc1.Cc1ccc(S(=O)(=O)O)cc1. The number of aliphatic hydroxyl groups excluding tert-OH is 1. The Morgan fingerprint density at radius 1 is 1.03 bits per heavy atom. The quantitative estimate of drug-likeness (QED) is 0.156. The summed E-state index contributed by atoms with van der Waals surface area (Å²) in [5, 5.41) is 25.6. The summed E-state index contributed by atoms with van der Waals surface area (Å²) in [5.74, 6) is 0.788. The van der Waals surface area contributed by atoms with Crippen LogP contribution in [-0.4, -0.2) is 49.3 Å². The summed E-state index contributed by atoms with van der Waals surface area (Å²) in [4.78, 5) is 10.5. The van der Waals surface area contributed by atoms with Gasteiger partial charge in [-0.15, -0.1) is 0 Å². The second-order valence-corrected chi connectivity index (χ2v) is 9.63. The van der Waals surface area contributed by atoms with Crippen molar-refractivity contribution in [1.82, 2.24) is 5.32 Å². The summed E-state index contributed by atoms with van der Waals surface area (Å²) in [6, 6.07) is 18.7. The van der Waals surface area contributed by atoms with Crippen LogP contribution in [0.2, 0.25) is 0 Å². The number of aryl methyl sites for hydroxylation is 1. The molecule has 3 aromatic rings. The molecule has 0 aliphatic carbocycles. The summed E-state index contributed by atoms with van der Waals surface area (Å²) in [6.07, 6.45) is 0.566. The van der Waals surface area contributed by atoms with E-state index in [4.69, 9.17) is 9.29 Å². The van der Waals surface area contributed by atoms with Crippen LogP contribution in [0.3, 0.4) is 0 Å². The van der Waals surface area contributed by atoms with Crippen LogP contribution in [0.15, 0.2) is 71.6 Å². The standard InChI is InChI=1S/C19H24N2O4.C7H8O3S/c1-13(9-14-3-6-16(25-2)7-4-14)20-11-19(24)15-5-8-18(23)17(10-15)21-12-22;1-6-2-4-7(5-3-6)11(8,9)10/h3-8,10,12-13,19-20,23-24H,9,11H2,1-2H3,(H,21,22);2-5H,1H3,(H,8,9,10). The Morgan fingerprint density at radius 2 is 1.67 bits per heavy atom. The molecule has 194 valence electrons. The van der Waals surface area contributed by atoms with Gasteiger partial charge in [-0.05, 0) is 67.8 Å². The summed E-state index contributed by atoms with van der Waals surface area (Å²) in [7, 11) is -2.38. The first-order valence-corrected chi connectivity index (χ1v) is 12.6. The van der Waals surface area contributed by atoms with Crippen molar-refractivity contribution >= 4 is 22.2 Å². The third kappa shape index (κ3) is 9.31. The van der Waals surface area contributed by atoms with E-state index in [2.05, 4.69) is 10.6 Å². The Kier molecular flexibility index (Phi) is 10.9. The molecule has 3 aromatic carbocycles. The molecule has 10 heteroatoms. The molecule has 0 saturated heterocycles. The molecule has 0 fully saturated rings. The van der Waals surface area contributed by atoms with Crippen LogP contribution in [0, 0.1) is 6.92 Å². The van der Waals surface area contributed by atoms with Crippen LogP contribution in [0.25, 0.3) is 0 Å². The Labute approximate surface area is 211 Å². The number of aliphatic hydroxyl groups is 1. The number of amides is 1. The van der Waals surface area contributed by atoms with Gasteiger partial charge in [-0.1, -0.05) is 35.9 Å². The topological polar surface area (TPSA) is 145 Å². The third-order valence-corrected chi connectivity index (χ3v) is 6.17. The fraction of sp³-hybridized carbons (Fsp3) is 0.269. The van der Waals surface area contributed by atoms with Crippen molar-refractivity contribution in [3.05, 3.63) is 83.4 Å². The highest BCUT2D eigenvalue weighted by molar-refractivity contribution is 7.85. The fourth-order valence-corrected chi connectivity index (χ4v) is 3.75. The van der Waals surface area contributed by atoms with Gasteiger partial charge >= 0.3 is 0 Å². The van der Waals surface area contributed by atoms with Crippen LogP contribution >= 0.6 is 0 Å². The Hall–Kier alpha value is -3.44. The highest BCUT2D eigenvalue weighted by atomic mass is 32.2. The number of methoxy groups -OCH3 is 1. The summed E-state index contributed by atoms with van der Waals surface area (Å²) in [6.45, 7) is 4.25. The molecule has 0 spiro atoms. The zero-order chi connectivity index (χ0) is 26.7. The van der Waals surface area contributed by atoms with Crippen molar-refractivity contribution in [2.75, 3.05) is 19.0 Å². The third-order valence-electron chi connectivity index (χ3n) is 5.30. The number of aromatic hydroxyl groups is 1. The van der Waals surface area contributed by atoms with Gasteiger partial charge in [0.15, 0.2) is 0 Å². The lowest BCUT2D eigenvalue weighted by molar-refractivity contribution is -0.105. The molecule has 5 N–H and O–H groups in total. The minimum absolute atomic E-state index is 0.0381. The largest absolute Gasteiger partial charge is 0.506 e. The molecule has 0 saturated carbocycles. The maximum Gasteiger partial charge on any atom is 0.294 e. The van der Waals surface area contributed by atoms with Crippen LogP contribution in [-0.2, 0) is 21.3 Å². The number of hydrogen-bond donors (Lipinski definition) is 5. The minimum Gasteiger partial charge on any atom is -0.506 e. The number of benzene rings is 3. The number of carbonyl (C=O) groups excluding carboxylic acids is 1. The highest BCUT2D eigenvalue weighted by Crippen LogP contribution is 2.26. The van der Waals surface area contributed by atoms with E-state index in [1.165, 1.54) is 23.8 Å². The maximum absolute atomic E-state index is 10.5. The number of carbonyl (C=O) groups is 1. The van der Waals surface area contributed by atoms with Gasteiger partial charge in [0.25, 0.3) is 10.1 Å². The number of ether oxygens (including phenoxy) is 1. The van der Waals surface area contributed by atoms with Crippen molar-refractivity contribution in [1.29, 1.82) is 0 Å². The molecule has 0 heterocycles. The highest BCUT2D eigenvalue weighted by Gasteiger charge is 2.12. The number of anilines is 1. The van der Waals surface area contributed by atoms with E-state index in [-0.39, 0.29) is 22.4 Å². The van der Waals surface area contributed by atoms with Crippen LogP contribution in [0.4, 0.5) is 5.69 Å². The number of phenols is 1. The second kappa shape index (κ2) is 13.6. The molecule has 0 bridgehead atoms. The first-order chi connectivity index (χ1) is 17.0. The van der Waals surface area contributed by atoms with E-state index in [0.717, 1.165) is 17.7 Å². The maximum atomic E-state index is 10.5. The lowest BCUT2D eigenvalue weighted by Gasteiger charge is -2.18. The van der Waals surface area contributed by atoms with Gasteiger partial charge in [-0.25, -0.2) is 0 Å². The van der Waals surface area contributed by atoms with Crippen molar-refractivity contribution in [2.24, 2.45) is 0 Å². The summed E-state index contributed by atoms with van der Waals surface area (Å²) in [5.41, 5.74) is 3.03. The van der Waals surface area contributed by atoms with Gasteiger partial charge in [0.05, 0.1) is 23.8 Å². The summed E-state index contributed by atoms with van der Waals surface area (Å²) >= 11 is 0. The average molecular weight is 517 g/mol. The molecular weight excluding hydrogens is 484 g/mol. The first kappa shape index (κ1) is 28.8. The van der Waals surface area contributed by atoms with Gasteiger partial charge in [0.2, 0.25) is 6.41 Å². The van der Waals surface area contributed by atoms with E-state index in [9.17, 15) is 23.4 Å². The van der Waals surface area contributed by atoms with E-state index in [0.29, 0.717) is 18.5 Å². The van der Waals surface area contributed by atoms with Gasteiger partial charge in [-0.3, -0.25) is 9.35 Å². The van der Waals surface area contributed by atoms with Gasteiger partial charge in [-0.2, -0.15) is 8.42 Å². The smallest absolute Gasteiger partial charge is 0.294 e. The van der Waals surface area contributed by atoms with Crippen molar-refractivity contribution in [2.45, 2.75) is 37.3 Å². The molecule has 9 nitrogen and oxygen atoms in total. The lowest BCUT2D eigenvalue weighted by atomic mass is 10.1. The van der Waals surface area contributed by atoms with Crippen LogP contribution in [0.5, 0.6) is 11.5 Å². The van der Waals surface area contributed by atoms with Crippen LogP contribution in [0.1, 0.15) is 29.7 Å². The molecular formula is C26H32N2O7S. The number of rotatable bonds is 10. The van der Waals surface area contributed by atoms with Crippen molar-refractivity contribution < 1.29 is 32.7 Å². The zero-order valence-electron chi connectivity index (χ0n) is 20.4. The number of hydrogen-bond acceptors (Lipinski definition) is 7. The molecule has 0 radical (unpaired) electrons. The molecule has 0 aliphatic rings. The Morgan fingerprint density at radius 3 is 2.22 bits per heavy atom. The van der Waals surface area contributed by atoms with E-state index in [1.807, 2.05) is 38.1 Å². The van der Waals surface area contributed by atoms with E-state index < -0.39 is 16.2 Å². The van der Waals surface area contributed by atoms with Crippen molar-refractivity contribution in [3.63, 3.8) is 0 Å². The van der Waals surface area contributed by atoms with Gasteiger partial charge in [0.1, 0.15) is 11.5 Å². The Balaban J connectivity index is 0.000000346. The monoisotopic (exact) mass is 516 g/mol. The summed E-state index contributed by atoms with van der Waals surface area (Å²) < 4.78 is 34.7. The second-order valence-electron chi connectivity index (χ2n) is 8.20. The molecule has 0 aromatic heterocycles. The molecule has 2 unspecified atom stereocenters. The zero-order valence-corrected chi connectivity index (χ0v) is 21.2. The van der Waals surface area contributed by atoms with E-state index >= 15 is 0 Å². The molecule has 2 atom stereocenters. The normalized spacial score (nSPS) is 12.6. The predicted octanol–water partition coefficient (Wildman–Crippen LogP) is 3.47. The van der Waals surface area contributed by atoms with Gasteiger partial charge in [0, 0.05) is 12.6 Å². The molecule has 1 amide bonds. The first-order valence-electron chi connectivity index (χ1n) is 11.1. The number of nitrogens with one attached hydrogen (secondary N) is 2. The van der Waals surface area contributed by atoms with E-state index in [1.54, 1.807) is 31.4 Å². The van der Waals surface area contributed by atoms with Crippen molar-refractivity contribution in [3.8, 4) is 11.5 Å². The van der Waals surface area contributed by atoms with Gasteiger partial charge < -0.3 is 25.6 Å². The number of phenolic OH excluding ortho intramolecular Hbond substituents is 1. The fourth-order valence-electron chi connectivity index (χ4n) is 3.27. The lowest BCUT2D eigenvalue weighted by Crippen LogP contribution is -2.32. The molecule has 36 heavy (non-hydrogen) atoms. The average Bonchev–Trinajstić information content (AvgIpc) is 2.84. The molecule has 0 aliphatic heterocycles.